The molecule has 1 aliphatic heterocycles. The second-order valence-corrected chi connectivity index (χ2v) is 5.82. The van der Waals surface area contributed by atoms with Crippen molar-refractivity contribution in [3.8, 4) is 0 Å². The maximum absolute atomic E-state index is 4.83. The second kappa shape index (κ2) is 7.60. The molecule has 1 aliphatic rings. The first-order chi connectivity index (χ1) is 9.70. The van der Waals surface area contributed by atoms with Crippen LogP contribution in [0, 0.1) is 0 Å². The fourth-order valence-electron chi connectivity index (χ4n) is 2.83. The summed E-state index contributed by atoms with van der Waals surface area (Å²) < 4.78 is 0. The molecule has 1 fully saturated rings. The second-order valence-electron chi connectivity index (χ2n) is 5.82. The van der Waals surface area contributed by atoms with Crippen LogP contribution in [0.5, 0.6) is 0 Å². The van der Waals surface area contributed by atoms with E-state index in [1.807, 2.05) is 0 Å². The van der Waals surface area contributed by atoms with E-state index >= 15 is 0 Å². The van der Waals surface area contributed by atoms with Crippen LogP contribution in [0.3, 0.4) is 0 Å². The standard InChI is InChI=1S/C16H28N4/c1-4-9-17-12-15-7-5-8-16(18-15)20-11-6-10-19(3)13-14(20)2/h5,7-8,14,17H,4,6,9-13H2,1-3H3. The Kier molecular flexibility index (Phi) is 5.80. The Balaban J connectivity index is 2.05. The Bertz CT molecular complexity index is 407. The molecule has 4 nitrogen and oxygen atoms in total. The number of hydrogen-bond acceptors (Lipinski definition) is 4. The summed E-state index contributed by atoms with van der Waals surface area (Å²) in [6.07, 6.45) is 2.37. The smallest absolute Gasteiger partial charge is 0.129 e. The number of aromatic nitrogens is 1. The molecule has 0 aliphatic carbocycles. The predicted octanol–water partition coefficient (Wildman–Crippen LogP) is 2.11. The molecule has 0 spiro atoms. The Morgan fingerprint density at radius 2 is 2.20 bits per heavy atom. The number of nitrogens with one attached hydrogen (secondary N) is 1. The lowest BCUT2D eigenvalue weighted by molar-refractivity contribution is 0.337. The van der Waals surface area contributed by atoms with Gasteiger partial charge in [0.1, 0.15) is 5.82 Å². The van der Waals surface area contributed by atoms with Gasteiger partial charge >= 0.3 is 0 Å². The van der Waals surface area contributed by atoms with Crippen molar-refractivity contribution in [2.75, 3.05) is 38.1 Å². The summed E-state index contributed by atoms with van der Waals surface area (Å²) in [6, 6.07) is 6.91. The van der Waals surface area contributed by atoms with Crippen LogP contribution in [0.4, 0.5) is 5.82 Å². The first kappa shape index (κ1) is 15.3. The van der Waals surface area contributed by atoms with Gasteiger partial charge in [-0.2, -0.15) is 0 Å². The van der Waals surface area contributed by atoms with E-state index in [0.29, 0.717) is 6.04 Å². The number of anilines is 1. The molecule has 1 aromatic rings. The SMILES string of the molecule is CCCNCc1cccc(N2CCCN(C)CC2C)n1. The summed E-state index contributed by atoms with van der Waals surface area (Å²) >= 11 is 0. The number of rotatable bonds is 5. The lowest BCUT2D eigenvalue weighted by Crippen LogP contribution is -2.38. The lowest BCUT2D eigenvalue weighted by Gasteiger charge is -2.29. The summed E-state index contributed by atoms with van der Waals surface area (Å²) in [5.74, 6) is 1.13. The van der Waals surface area contributed by atoms with Crippen LogP contribution >= 0.6 is 0 Å². The lowest BCUT2D eigenvalue weighted by atomic mass is 10.2. The molecule has 0 bridgehead atoms. The topological polar surface area (TPSA) is 31.4 Å². The van der Waals surface area contributed by atoms with E-state index in [0.717, 1.165) is 44.1 Å². The van der Waals surface area contributed by atoms with Crippen LogP contribution in [0.1, 0.15) is 32.4 Å². The van der Waals surface area contributed by atoms with Crippen LogP contribution < -0.4 is 10.2 Å². The molecular weight excluding hydrogens is 248 g/mol. The number of hydrogen-bond donors (Lipinski definition) is 1. The molecule has 0 amide bonds. The van der Waals surface area contributed by atoms with Gasteiger partial charge in [0.05, 0.1) is 5.69 Å². The summed E-state index contributed by atoms with van der Waals surface area (Å²) in [6.45, 7) is 9.79. The molecule has 20 heavy (non-hydrogen) atoms. The highest BCUT2D eigenvalue weighted by molar-refractivity contribution is 5.40. The minimum absolute atomic E-state index is 0.522. The first-order valence-corrected chi connectivity index (χ1v) is 7.82. The zero-order valence-electron chi connectivity index (χ0n) is 13.1. The van der Waals surface area contributed by atoms with Crippen molar-refractivity contribution in [1.82, 2.24) is 15.2 Å². The van der Waals surface area contributed by atoms with Crippen LogP contribution in [0.25, 0.3) is 0 Å². The zero-order chi connectivity index (χ0) is 14.4. The van der Waals surface area contributed by atoms with Crippen LogP contribution in [0.2, 0.25) is 0 Å². The summed E-state index contributed by atoms with van der Waals surface area (Å²) in [4.78, 5) is 9.70. The third kappa shape index (κ3) is 4.18. The molecule has 1 saturated heterocycles. The molecule has 2 rings (SSSR count). The van der Waals surface area contributed by atoms with Crippen molar-refractivity contribution < 1.29 is 0 Å². The van der Waals surface area contributed by atoms with Gasteiger partial charge in [0.15, 0.2) is 0 Å². The molecule has 4 heteroatoms. The fraction of sp³-hybridized carbons (Fsp3) is 0.688. The number of nitrogens with zero attached hydrogens (tertiary/aromatic N) is 3. The maximum Gasteiger partial charge on any atom is 0.129 e. The van der Waals surface area contributed by atoms with E-state index in [4.69, 9.17) is 4.98 Å². The van der Waals surface area contributed by atoms with E-state index < -0.39 is 0 Å². The minimum atomic E-state index is 0.522. The van der Waals surface area contributed by atoms with Gasteiger partial charge in [-0.1, -0.05) is 13.0 Å². The van der Waals surface area contributed by atoms with E-state index in [2.05, 4.69) is 54.2 Å². The molecule has 2 heterocycles. The van der Waals surface area contributed by atoms with Gasteiger partial charge in [0, 0.05) is 25.7 Å². The molecule has 112 valence electrons. The highest BCUT2D eigenvalue weighted by atomic mass is 15.3. The highest BCUT2D eigenvalue weighted by Gasteiger charge is 2.20. The van der Waals surface area contributed by atoms with Crippen molar-refractivity contribution >= 4 is 5.82 Å². The van der Waals surface area contributed by atoms with Crippen molar-refractivity contribution in [3.63, 3.8) is 0 Å². The summed E-state index contributed by atoms with van der Waals surface area (Å²) in [7, 11) is 2.21. The van der Waals surface area contributed by atoms with Crippen LogP contribution in [0.15, 0.2) is 18.2 Å². The van der Waals surface area contributed by atoms with Gasteiger partial charge in [-0.3, -0.25) is 0 Å². The Labute approximate surface area is 123 Å². The monoisotopic (exact) mass is 276 g/mol. The Morgan fingerprint density at radius 3 is 3.00 bits per heavy atom. The van der Waals surface area contributed by atoms with E-state index in [9.17, 15) is 0 Å². The van der Waals surface area contributed by atoms with Crippen molar-refractivity contribution in [3.05, 3.63) is 23.9 Å². The molecule has 1 aromatic heterocycles. The third-order valence-corrected chi connectivity index (χ3v) is 3.87. The molecule has 1 unspecified atom stereocenters. The molecular formula is C16H28N4. The average molecular weight is 276 g/mol. The van der Waals surface area contributed by atoms with Gasteiger partial charge in [0.2, 0.25) is 0 Å². The van der Waals surface area contributed by atoms with Gasteiger partial charge in [-0.05, 0) is 52.0 Å². The van der Waals surface area contributed by atoms with E-state index in [-0.39, 0.29) is 0 Å². The Hall–Kier alpha value is -1.13. The van der Waals surface area contributed by atoms with Gasteiger partial charge < -0.3 is 15.1 Å². The summed E-state index contributed by atoms with van der Waals surface area (Å²) in [5.41, 5.74) is 1.14. The maximum atomic E-state index is 4.83. The highest BCUT2D eigenvalue weighted by Crippen LogP contribution is 2.18. The van der Waals surface area contributed by atoms with Crippen molar-refractivity contribution in [2.45, 2.75) is 39.3 Å². The number of likely N-dealkylation sites (N-methyl/N-ethyl adjacent to an activating group) is 1. The third-order valence-electron chi connectivity index (χ3n) is 3.87. The zero-order valence-corrected chi connectivity index (χ0v) is 13.1. The predicted molar refractivity (Wildman–Crippen MR) is 85.2 cm³/mol. The Morgan fingerprint density at radius 1 is 1.35 bits per heavy atom. The van der Waals surface area contributed by atoms with Gasteiger partial charge in [-0.25, -0.2) is 4.98 Å². The fourth-order valence-corrected chi connectivity index (χ4v) is 2.83. The largest absolute Gasteiger partial charge is 0.353 e. The molecule has 0 aromatic carbocycles. The van der Waals surface area contributed by atoms with Gasteiger partial charge in [-0.15, -0.1) is 0 Å². The molecule has 1 atom stereocenters. The van der Waals surface area contributed by atoms with Crippen molar-refractivity contribution in [1.29, 1.82) is 0 Å². The normalized spacial score (nSPS) is 20.9. The van der Waals surface area contributed by atoms with Crippen LogP contribution in [-0.2, 0) is 6.54 Å². The van der Waals surface area contributed by atoms with E-state index in [1.54, 1.807) is 0 Å². The average Bonchev–Trinajstić information content (AvgIpc) is 2.60. The quantitative estimate of drug-likeness (QED) is 0.835. The van der Waals surface area contributed by atoms with Crippen molar-refractivity contribution in [2.24, 2.45) is 0 Å². The molecule has 1 N–H and O–H groups in total. The minimum Gasteiger partial charge on any atom is -0.353 e. The summed E-state index contributed by atoms with van der Waals surface area (Å²) in [5, 5.41) is 3.42. The van der Waals surface area contributed by atoms with Crippen LogP contribution in [-0.4, -0.2) is 49.2 Å². The van der Waals surface area contributed by atoms with E-state index in [1.165, 1.54) is 13.0 Å². The first-order valence-electron chi connectivity index (χ1n) is 7.82. The number of pyridine rings is 1. The molecule has 0 radical (unpaired) electrons. The van der Waals surface area contributed by atoms with Gasteiger partial charge in [0.25, 0.3) is 0 Å². The molecule has 0 saturated carbocycles.